The lowest BCUT2D eigenvalue weighted by molar-refractivity contribution is -0.137. The summed E-state index contributed by atoms with van der Waals surface area (Å²) in [5.41, 5.74) is -0.198. The van der Waals surface area contributed by atoms with Gasteiger partial charge in [-0.3, -0.25) is 9.52 Å². The molecule has 3 aromatic rings. The van der Waals surface area contributed by atoms with E-state index in [1.807, 2.05) is 0 Å². The third kappa shape index (κ3) is 5.36. The monoisotopic (exact) mass is 487 g/mol. The second kappa shape index (κ2) is 9.25. The number of benzene rings is 2. The number of carbonyl (C=O) groups excluding carboxylic acids is 1. The van der Waals surface area contributed by atoms with E-state index in [2.05, 4.69) is 15.0 Å². The number of carbonyl (C=O) groups is 1. The summed E-state index contributed by atoms with van der Waals surface area (Å²) in [5, 5.41) is 2.54. The average molecular weight is 488 g/mol. The maximum absolute atomic E-state index is 13.1. The molecule has 0 radical (unpaired) electrons. The molecule has 1 heterocycles. The Kier molecular flexibility index (Phi) is 6.88. The number of aromatic nitrogens is 1. The van der Waals surface area contributed by atoms with E-state index in [9.17, 15) is 22.2 Å². The zero-order valence-corrected chi connectivity index (χ0v) is 18.1. The Morgan fingerprint density at radius 3 is 2.52 bits per heavy atom. The van der Waals surface area contributed by atoms with Crippen LogP contribution in [0.4, 0.5) is 24.5 Å². The van der Waals surface area contributed by atoms with Crippen molar-refractivity contribution in [3.63, 3.8) is 0 Å². The molecular formula is C20H14Cl2F3N3O2S. The van der Waals surface area contributed by atoms with E-state index in [0.717, 1.165) is 6.07 Å². The Morgan fingerprint density at radius 2 is 1.84 bits per heavy atom. The molecule has 2 aromatic carbocycles. The van der Waals surface area contributed by atoms with Crippen LogP contribution in [-0.2, 0) is 17.2 Å². The maximum atomic E-state index is 13.1. The minimum absolute atomic E-state index is 0.00852. The number of hydrogen-bond donors (Lipinski definition) is 2. The van der Waals surface area contributed by atoms with Crippen LogP contribution in [0.25, 0.3) is 0 Å². The van der Waals surface area contributed by atoms with Crippen LogP contribution < -0.4 is 10.0 Å². The number of rotatable bonds is 6. The normalized spacial score (nSPS) is 12.3. The fourth-order valence-corrected chi connectivity index (χ4v) is 3.92. The van der Waals surface area contributed by atoms with Crippen LogP contribution in [0.2, 0.25) is 10.0 Å². The highest BCUT2D eigenvalue weighted by molar-refractivity contribution is 7.86. The fourth-order valence-electron chi connectivity index (χ4n) is 2.65. The number of halogens is 5. The van der Waals surface area contributed by atoms with Crippen molar-refractivity contribution in [2.75, 3.05) is 17.1 Å². The van der Waals surface area contributed by atoms with Gasteiger partial charge in [-0.15, -0.1) is 0 Å². The molecule has 0 spiro atoms. The summed E-state index contributed by atoms with van der Waals surface area (Å²) >= 11 is 11.6. The molecule has 0 aliphatic rings. The minimum Gasteiger partial charge on any atom is -0.388 e. The first kappa shape index (κ1) is 23.1. The van der Waals surface area contributed by atoms with Gasteiger partial charge in [-0.1, -0.05) is 35.3 Å². The molecule has 1 atom stereocenters. The largest absolute Gasteiger partial charge is 0.417 e. The van der Waals surface area contributed by atoms with Crippen LogP contribution in [0.3, 0.4) is 0 Å². The Bertz CT molecular complexity index is 1170. The topological polar surface area (TPSA) is 71.1 Å². The second-order valence-electron chi connectivity index (χ2n) is 6.22. The zero-order chi connectivity index (χ0) is 22.8. The lowest BCUT2D eigenvalue weighted by Crippen LogP contribution is -2.13. The SMILES string of the molecule is CNc1cccc(C(=O)c2ncc(Cl)cc2NS(=O)c2ccc(Cl)c(C(F)(F)F)c2)c1. The van der Waals surface area contributed by atoms with E-state index in [1.54, 1.807) is 31.3 Å². The predicted molar refractivity (Wildman–Crippen MR) is 115 cm³/mol. The molecule has 31 heavy (non-hydrogen) atoms. The number of alkyl halides is 3. The summed E-state index contributed by atoms with van der Waals surface area (Å²) < 4.78 is 54.6. The highest BCUT2D eigenvalue weighted by atomic mass is 35.5. The van der Waals surface area contributed by atoms with Crippen LogP contribution in [0.15, 0.2) is 59.6 Å². The van der Waals surface area contributed by atoms with Gasteiger partial charge in [0.2, 0.25) is 5.78 Å². The maximum Gasteiger partial charge on any atom is 0.417 e. The van der Waals surface area contributed by atoms with Crippen molar-refractivity contribution >= 4 is 51.3 Å². The van der Waals surface area contributed by atoms with E-state index in [-0.39, 0.29) is 21.3 Å². The van der Waals surface area contributed by atoms with Crippen molar-refractivity contribution in [1.82, 2.24) is 4.98 Å². The lowest BCUT2D eigenvalue weighted by Gasteiger charge is -2.13. The Morgan fingerprint density at radius 1 is 1.10 bits per heavy atom. The second-order valence-corrected chi connectivity index (χ2v) is 8.28. The Hall–Kier alpha value is -2.62. The van der Waals surface area contributed by atoms with Gasteiger partial charge in [-0.05, 0) is 36.4 Å². The molecule has 5 nitrogen and oxygen atoms in total. The Labute approximate surface area is 188 Å². The predicted octanol–water partition coefficient (Wildman–Crippen LogP) is 5.81. The van der Waals surface area contributed by atoms with Crippen molar-refractivity contribution in [2.24, 2.45) is 0 Å². The molecule has 0 aliphatic heterocycles. The van der Waals surface area contributed by atoms with Gasteiger partial charge in [0.1, 0.15) is 16.7 Å². The van der Waals surface area contributed by atoms with Crippen LogP contribution >= 0.6 is 23.2 Å². The van der Waals surface area contributed by atoms with E-state index < -0.39 is 33.5 Å². The highest BCUT2D eigenvalue weighted by Crippen LogP contribution is 2.36. The molecule has 1 aromatic heterocycles. The number of anilines is 2. The molecule has 1 unspecified atom stereocenters. The molecule has 162 valence electrons. The summed E-state index contributed by atoms with van der Waals surface area (Å²) in [6.07, 6.45) is -3.47. The van der Waals surface area contributed by atoms with Crippen molar-refractivity contribution < 1.29 is 22.2 Å². The molecular weight excluding hydrogens is 474 g/mol. The molecule has 0 saturated carbocycles. The number of nitrogens with one attached hydrogen (secondary N) is 2. The van der Waals surface area contributed by atoms with Gasteiger partial charge in [0, 0.05) is 24.5 Å². The third-order valence-electron chi connectivity index (χ3n) is 4.14. The highest BCUT2D eigenvalue weighted by Gasteiger charge is 2.34. The van der Waals surface area contributed by atoms with E-state index in [1.165, 1.54) is 18.3 Å². The number of ketones is 1. The van der Waals surface area contributed by atoms with Crippen LogP contribution in [0, 0.1) is 0 Å². The quantitative estimate of drug-likeness (QED) is 0.430. The Balaban J connectivity index is 1.96. The van der Waals surface area contributed by atoms with Crippen molar-refractivity contribution in [3.05, 3.63) is 81.6 Å². The van der Waals surface area contributed by atoms with Crippen LogP contribution in [0.5, 0.6) is 0 Å². The molecule has 3 rings (SSSR count). The number of pyridine rings is 1. The lowest BCUT2D eigenvalue weighted by atomic mass is 10.1. The van der Waals surface area contributed by atoms with Crippen molar-refractivity contribution in [3.8, 4) is 0 Å². The summed E-state index contributed by atoms with van der Waals surface area (Å²) in [6, 6.07) is 10.8. The smallest absolute Gasteiger partial charge is 0.388 e. The average Bonchev–Trinajstić information content (AvgIpc) is 2.73. The van der Waals surface area contributed by atoms with Gasteiger partial charge in [0.05, 0.1) is 26.2 Å². The van der Waals surface area contributed by atoms with Gasteiger partial charge < -0.3 is 5.32 Å². The first-order chi connectivity index (χ1) is 14.6. The summed E-state index contributed by atoms with van der Waals surface area (Å²) in [5.74, 6) is -0.486. The summed E-state index contributed by atoms with van der Waals surface area (Å²) in [4.78, 5) is 16.8. The van der Waals surface area contributed by atoms with E-state index >= 15 is 0 Å². The molecule has 0 fully saturated rings. The zero-order valence-electron chi connectivity index (χ0n) is 15.8. The molecule has 0 bridgehead atoms. The van der Waals surface area contributed by atoms with Gasteiger partial charge in [0.15, 0.2) is 0 Å². The molecule has 11 heteroatoms. The summed E-state index contributed by atoms with van der Waals surface area (Å²) in [7, 11) is -0.461. The van der Waals surface area contributed by atoms with Gasteiger partial charge >= 0.3 is 6.18 Å². The summed E-state index contributed by atoms with van der Waals surface area (Å²) in [6.45, 7) is 0. The van der Waals surface area contributed by atoms with Crippen LogP contribution in [0.1, 0.15) is 21.6 Å². The molecule has 0 amide bonds. The van der Waals surface area contributed by atoms with Crippen molar-refractivity contribution in [1.29, 1.82) is 0 Å². The van der Waals surface area contributed by atoms with E-state index in [4.69, 9.17) is 23.2 Å². The number of nitrogens with zero attached hydrogens (tertiary/aromatic N) is 1. The molecule has 2 N–H and O–H groups in total. The molecule has 0 aliphatic carbocycles. The first-order valence-corrected chi connectivity index (χ1v) is 10.5. The third-order valence-corrected chi connectivity index (χ3v) is 5.77. The standard InChI is InChI=1S/C20H14Cl2F3N3O2S/c1-26-13-4-2-3-11(7-13)19(29)18-17(8-12(21)10-27-18)28-31(30)14-5-6-16(22)15(9-14)20(23,24)25/h2-10,26,28H,1H3. The van der Waals surface area contributed by atoms with E-state index in [0.29, 0.717) is 17.3 Å². The van der Waals surface area contributed by atoms with Gasteiger partial charge in [0.25, 0.3) is 0 Å². The van der Waals surface area contributed by atoms with Gasteiger partial charge in [-0.2, -0.15) is 13.2 Å². The number of hydrogen-bond acceptors (Lipinski definition) is 4. The van der Waals surface area contributed by atoms with Crippen LogP contribution in [-0.4, -0.2) is 22.0 Å². The first-order valence-electron chi connectivity index (χ1n) is 8.63. The molecule has 0 saturated heterocycles. The fraction of sp³-hybridized carbons (Fsp3) is 0.100. The van der Waals surface area contributed by atoms with Crippen molar-refractivity contribution in [2.45, 2.75) is 11.1 Å². The minimum atomic E-state index is -4.71. The van der Waals surface area contributed by atoms with Gasteiger partial charge in [-0.25, -0.2) is 9.19 Å².